The summed E-state index contributed by atoms with van der Waals surface area (Å²) in [5, 5.41) is 0. The molecule has 0 saturated heterocycles. The Morgan fingerprint density at radius 1 is 0.579 bits per heavy atom. The van der Waals surface area contributed by atoms with E-state index in [2.05, 4.69) is 11.9 Å². The van der Waals surface area contributed by atoms with Crippen molar-refractivity contribution in [3.63, 3.8) is 0 Å². The van der Waals surface area contributed by atoms with Gasteiger partial charge >= 0.3 is 0 Å². The van der Waals surface area contributed by atoms with E-state index in [4.69, 9.17) is 0 Å². The fourth-order valence-electron chi connectivity index (χ4n) is 4.49. The van der Waals surface area contributed by atoms with Crippen LogP contribution in [0.3, 0.4) is 0 Å². The minimum Gasteiger partial charge on any atom is -0.0809 e. The normalized spacial score (nSPS) is 28.1. The first kappa shape index (κ1) is 14.1. The van der Waals surface area contributed by atoms with Crippen LogP contribution in [0.25, 0.3) is 0 Å². The van der Waals surface area contributed by atoms with Gasteiger partial charge in [-0.1, -0.05) is 64.8 Å². The van der Waals surface area contributed by atoms with Gasteiger partial charge in [-0.15, -0.1) is 0 Å². The van der Waals surface area contributed by atoms with Crippen LogP contribution in [0, 0.1) is 5.92 Å². The van der Waals surface area contributed by atoms with E-state index in [9.17, 15) is 0 Å². The van der Waals surface area contributed by atoms with Crippen molar-refractivity contribution in [3.05, 3.63) is 11.9 Å². The molecule has 3 fully saturated rings. The van der Waals surface area contributed by atoms with Gasteiger partial charge in [-0.05, 0) is 55.8 Å². The van der Waals surface area contributed by atoms with Gasteiger partial charge in [0.15, 0.2) is 0 Å². The average molecular weight is 278 g/mol. The van der Waals surface area contributed by atoms with Crippen LogP contribution in [-0.2, 0) is 0 Å². The van der Waals surface area contributed by atoms with Gasteiger partial charge in [0.05, 0.1) is 0 Å². The van der Waals surface area contributed by atoms with Crippen LogP contribution in [0.4, 0.5) is 0 Å². The van der Waals surface area contributed by atoms with Crippen molar-refractivity contribution in [3.8, 4) is 0 Å². The minimum atomic E-state index is 0.232. The molecule has 0 unspecified atom stereocenters. The van der Waals surface area contributed by atoms with Crippen molar-refractivity contribution in [2.75, 3.05) is 0 Å². The molecule has 0 bridgehead atoms. The van der Waals surface area contributed by atoms with Crippen LogP contribution in [0.1, 0.15) is 83.5 Å². The molecule has 0 N–H and O–H groups in total. The highest BCUT2D eigenvalue weighted by molar-refractivity contribution is 7.62. The number of allylic oxidation sites excluding steroid dienone is 1. The van der Waals surface area contributed by atoms with E-state index in [1.165, 1.54) is 57.8 Å². The smallest absolute Gasteiger partial charge is 0.0172 e. The van der Waals surface area contributed by atoms with Gasteiger partial charge in [-0.25, -0.2) is 0 Å². The minimum absolute atomic E-state index is 0.232. The van der Waals surface area contributed by atoms with E-state index < -0.39 is 0 Å². The Morgan fingerprint density at radius 3 is 1.58 bits per heavy atom. The Kier molecular flexibility index (Phi) is 5.39. The Bertz CT molecular complexity index is 262. The van der Waals surface area contributed by atoms with E-state index in [0.29, 0.717) is 0 Å². The third kappa shape index (κ3) is 3.84. The molecule has 0 aliphatic heterocycles. The number of hydrogen-bond donors (Lipinski definition) is 0. The van der Waals surface area contributed by atoms with Crippen molar-refractivity contribution in [2.24, 2.45) is 5.92 Å². The predicted octanol–water partition coefficient (Wildman–Crippen LogP) is 6.45. The van der Waals surface area contributed by atoms with Crippen LogP contribution < -0.4 is 0 Å². The van der Waals surface area contributed by atoms with E-state index in [1.54, 1.807) is 25.7 Å². The summed E-state index contributed by atoms with van der Waals surface area (Å²) >= 11 is 0. The SMILES string of the molecule is C(=CP(C1CCCC1)C1CCCC1)C1CCCCC1. The monoisotopic (exact) mass is 278 g/mol. The standard InChI is InChI=1S/C18H31P/c1-2-8-16(9-3-1)14-15-19(17-10-4-5-11-17)18-12-6-7-13-18/h14-18H,1-13H2. The molecule has 0 spiro atoms. The van der Waals surface area contributed by atoms with Crippen molar-refractivity contribution in [1.82, 2.24) is 0 Å². The molecule has 0 heterocycles. The van der Waals surface area contributed by atoms with E-state index in [-0.39, 0.29) is 7.92 Å². The van der Waals surface area contributed by atoms with Gasteiger partial charge in [0.1, 0.15) is 0 Å². The summed E-state index contributed by atoms with van der Waals surface area (Å²) in [5.74, 6) is 3.72. The largest absolute Gasteiger partial charge is 0.0809 e. The third-order valence-corrected chi connectivity index (χ3v) is 8.91. The molecular formula is C18H31P. The van der Waals surface area contributed by atoms with Gasteiger partial charge in [0, 0.05) is 0 Å². The fourth-order valence-corrected chi connectivity index (χ4v) is 7.94. The summed E-state index contributed by atoms with van der Waals surface area (Å²) < 4.78 is 0. The molecule has 108 valence electrons. The zero-order valence-electron chi connectivity index (χ0n) is 12.5. The van der Waals surface area contributed by atoms with Gasteiger partial charge in [0.25, 0.3) is 0 Å². The van der Waals surface area contributed by atoms with Crippen LogP contribution in [0.15, 0.2) is 11.9 Å². The molecule has 3 rings (SSSR count). The lowest BCUT2D eigenvalue weighted by Crippen LogP contribution is -2.09. The van der Waals surface area contributed by atoms with Gasteiger partial charge in [-0.3, -0.25) is 0 Å². The van der Waals surface area contributed by atoms with Crippen LogP contribution in [0.2, 0.25) is 0 Å². The molecule has 0 aromatic rings. The van der Waals surface area contributed by atoms with Crippen molar-refractivity contribution < 1.29 is 0 Å². The van der Waals surface area contributed by atoms with Crippen LogP contribution in [-0.4, -0.2) is 11.3 Å². The van der Waals surface area contributed by atoms with E-state index in [1.807, 2.05) is 0 Å². The van der Waals surface area contributed by atoms with Crippen LogP contribution in [0.5, 0.6) is 0 Å². The fraction of sp³-hybridized carbons (Fsp3) is 0.889. The highest BCUT2D eigenvalue weighted by Gasteiger charge is 2.31. The Labute approximate surface area is 121 Å². The maximum absolute atomic E-state index is 2.78. The highest BCUT2D eigenvalue weighted by atomic mass is 31.1. The van der Waals surface area contributed by atoms with Gasteiger partial charge in [-0.2, -0.15) is 0 Å². The summed E-state index contributed by atoms with van der Waals surface area (Å²) in [5.41, 5.74) is 2.22. The second kappa shape index (κ2) is 7.26. The number of rotatable bonds is 4. The number of hydrogen-bond acceptors (Lipinski definition) is 0. The summed E-state index contributed by atoms with van der Waals surface area (Å²) in [6.45, 7) is 0. The first-order chi connectivity index (χ1) is 9.43. The molecule has 3 aliphatic carbocycles. The zero-order chi connectivity index (χ0) is 12.9. The Morgan fingerprint density at radius 2 is 1.05 bits per heavy atom. The zero-order valence-corrected chi connectivity index (χ0v) is 13.4. The van der Waals surface area contributed by atoms with Crippen molar-refractivity contribution in [1.29, 1.82) is 0 Å². The van der Waals surface area contributed by atoms with Crippen LogP contribution >= 0.6 is 7.92 Å². The molecule has 3 aliphatic rings. The quantitative estimate of drug-likeness (QED) is 0.518. The molecule has 0 amide bonds. The molecule has 0 radical (unpaired) electrons. The topological polar surface area (TPSA) is 0 Å². The molecule has 19 heavy (non-hydrogen) atoms. The molecule has 1 heteroatoms. The van der Waals surface area contributed by atoms with Gasteiger partial charge in [0.2, 0.25) is 0 Å². The molecular weight excluding hydrogens is 247 g/mol. The molecule has 0 aromatic heterocycles. The Balaban J connectivity index is 1.61. The van der Waals surface area contributed by atoms with Crippen molar-refractivity contribution in [2.45, 2.75) is 94.8 Å². The average Bonchev–Trinajstić information content (AvgIpc) is 3.13. The first-order valence-corrected chi connectivity index (χ1v) is 10.4. The lowest BCUT2D eigenvalue weighted by Gasteiger charge is -2.28. The molecule has 3 saturated carbocycles. The maximum atomic E-state index is 2.78. The summed E-state index contributed by atoms with van der Waals surface area (Å²) in [4.78, 5) is 0. The third-order valence-electron chi connectivity index (χ3n) is 5.67. The first-order valence-electron chi connectivity index (χ1n) is 8.89. The van der Waals surface area contributed by atoms with Crippen molar-refractivity contribution >= 4 is 7.92 Å². The lowest BCUT2D eigenvalue weighted by atomic mass is 9.90. The molecule has 0 aromatic carbocycles. The highest BCUT2D eigenvalue weighted by Crippen LogP contribution is 2.58. The second-order valence-corrected chi connectivity index (χ2v) is 9.72. The Hall–Kier alpha value is 0.170. The predicted molar refractivity (Wildman–Crippen MR) is 87.1 cm³/mol. The maximum Gasteiger partial charge on any atom is -0.0172 e. The van der Waals surface area contributed by atoms with E-state index in [0.717, 1.165) is 17.2 Å². The summed E-state index contributed by atoms with van der Waals surface area (Å²) in [6, 6.07) is 0. The summed E-state index contributed by atoms with van der Waals surface area (Å²) in [6.07, 6.45) is 22.4. The summed E-state index contributed by atoms with van der Waals surface area (Å²) in [7, 11) is 0.232. The van der Waals surface area contributed by atoms with Gasteiger partial charge < -0.3 is 0 Å². The second-order valence-electron chi connectivity index (χ2n) is 7.06. The van der Waals surface area contributed by atoms with E-state index >= 15 is 0 Å². The lowest BCUT2D eigenvalue weighted by molar-refractivity contribution is 0.419. The molecule has 0 nitrogen and oxygen atoms in total. The molecule has 0 atom stereocenters.